The topological polar surface area (TPSA) is 58.3 Å². The van der Waals surface area contributed by atoms with Gasteiger partial charge in [0.2, 0.25) is 0 Å². The lowest BCUT2D eigenvalue weighted by Crippen LogP contribution is -2.46. The zero-order chi connectivity index (χ0) is 7.56. The first kappa shape index (κ1) is 7.34. The summed E-state index contributed by atoms with van der Waals surface area (Å²) >= 11 is 0. The van der Waals surface area contributed by atoms with Gasteiger partial charge in [0.15, 0.2) is 0 Å². The van der Waals surface area contributed by atoms with Crippen LogP contribution in [-0.2, 0) is 0 Å². The maximum Gasteiger partial charge on any atom is 0.341 e. The molecule has 0 bridgehead atoms. The lowest BCUT2D eigenvalue weighted by Gasteiger charge is -2.23. The molecule has 0 aromatic rings. The molecule has 1 saturated heterocycles. The molecule has 0 unspecified atom stereocenters. The Morgan fingerprint density at radius 3 is 2.20 bits per heavy atom. The molecule has 1 rings (SSSR count). The van der Waals surface area contributed by atoms with E-state index in [0.717, 1.165) is 26.2 Å². The number of nitrogens with zero attached hydrogens (tertiary/aromatic N) is 2. The van der Waals surface area contributed by atoms with Crippen LogP contribution in [0.3, 0.4) is 0 Å². The van der Waals surface area contributed by atoms with Crippen LogP contribution in [0, 0.1) is 0 Å². The highest BCUT2D eigenvalue weighted by molar-refractivity contribution is 5.70. The van der Waals surface area contributed by atoms with Crippen molar-refractivity contribution in [2.45, 2.75) is 0 Å². The van der Waals surface area contributed by atoms with Gasteiger partial charge in [0.25, 0.3) is 0 Å². The van der Waals surface area contributed by atoms with E-state index < -0.39 is 0 Å². The van der Waals surface area contributed by atoms with Gasteiger partial charge in [-0.15, -0.1) is 0 Å². The third kappa shape index (κ3) is 1.60. The molecule has 4 nitrogen and oxygen atoms in total. The monoisotopic (exact) mass is 143 g/mol. The Bertz CT molecular complexity index is 138. The molecule has 0 amide bonds. The summed E-state index contributed by atoms with van der Waals surface area (Å²) < 4.78 is 2.00. The molecule has 1 aliphatic rings. The number of hydrogen-bond acceptors (Lipinski definition) is 1. The van der Waals surface area contributed by atoms with Crippen LogP contribution in [0.25, 0.3) is 0 Å². The summed E-state index contributed by atoms with van der Waals surface area (Å²) in [4.78, 5) is 2.26. The van der Waals surface area contributed by atoms with Crippen LogP contribution in [0.1, 0.15) is 0 Å². The summed E-state index contributed by atoms with van der Waals surface area (Å²) in [7, 11) is 2.10. The molecule has 0 radical (unpaired) electrons. The lowest BCUT2D eigenvalue weighted by molar-refractivity contribution is -0.540. The van der Waals surface area contributed by atoms with Gasteiger partial charge in [0.05, 0.1) is 13.1 Å². The molecule has 0 spiro atoms. The summed E-state index contributed by atoms with van der Waals surface area (Å²) in [6, 6.07) is 0. The maximum absolute atomic E-state index is 5.41. The van der Waals surface area contributed by atoms with Gasteiger partial charge in [-0.05, 0) is 7.05 Å². The summed E-state index contributed by atoms with van der Waals surface area (Å²) in [5, 5.41) is 0. The van der Waals surface area contributed by atoms with E-state index >= 15 is 0 Å². The van der Waals surface area contributed by atoms with Crippen molar-refractivity contribution in [1.82, 2.24) is 4.90 Å². The Morgan fingerprint density at radius 1 is 1.30 bits per heavy atom. The minimum atomic E-state index is 0.452. The van der Waals surface area contributed by atoms with Gasteiger partial charge in [0, 0.05) is 13.1 Å². The predicted octanol–water partition coefficient (Wildman–Crippen LogP) is -1.78. The van der Waals surface area contributed by atoms with Gasteiger partial charge in [-0.1, -0.05) is 0 Å². The lowest BCUT2D eigenvalue weighted by atomic mass is 10.4. The van der Waals surface area contributed by atoms with E-state index in [0.29, 0.717) is 5.96 Å². The fourth-order valence-electron chi connectivity index (χ4n) is 1.06. The summed E-state index contributed by atoms with van der Waals surface area (Å²) in [6.07, 6.45) is 0. The minimum Gasteiger partial charge on any atom is -0.300 e. The SMILES string of the molecule is CN1CC[N+](=C(N)N)CC1. The standard InChI is InChI=1S/C6H14N4/c1-9-2-4-10(5-3-9)6(7)8/h2-5H2,1H3,(H3,7,8)/p+1. The molecule has 0 saturated carbocycles. The zero-order valence-corrected chi connectivity index (χ0v) is 6.38. The average Bonchev–Trinajstić information content (AvgIpc) is 1.88. The zero-order valence-electron chi connectivity index (χ0n) is 6.38. The molecule has 10 heavy (non-hydrogen) atoms. The number of rotatable bonds is 0. The van der Waals surface area contributed by atoms with Crippen molar-refractivity contribution in [3.63, 3.8) is 0 Å². The Morgan fingerprint density at radius 2 is 1.80 bits per heavy atom. The maximum atomic E-state index is 5.41. The second-order valence-corrected chi connectivity index (χ2v) is 2.72. The van der Waals surface area contributed by atoms with Gasteiger partial charge in [-0.3, -0.25) is 16.0 Å². The van der Waals surface area contributed by atoms with E-state index in [4.69, 9.17) is 11.5 Å². The minimum absolute atomic E-state index is 0.452. The molecule has 1 fully saturated rings. The van der Waals surface area contributed by atoms with E-state index in [2.05, 4.69) is 11.9 Å². The van der Waals surface area contributed by atoms with Crippen molar-refractivity contribution in [2.24, 2.45) is 11.5 Å². The van der Waals surface area contributed by atoms with Crippen LogP contribution in [0.15, 0.2) is 0 Å². The molecule has 4 heteroatoms. The number of likely N-dealkylation sites (N-methyl/N-ethyl adjacent to an activating group) is 1. The van der Waals surface area contributed by atoms with Crippen LogP contribution in [0.2, 0.25) is 0 Å². The molecule has 0 aromatic carbocycles. The van der Waals surface area contributed by atoms with E-state index in [1.807, 2.05) is 4.58 Å². The Balaban J connectivity index is 2.48. The Labute approximate surface area is 61.1 Å². The fourth-order valence-corrected chi connectivity index (χ4v) is 1.06. The summed E-state index contributed by atoms with van der Waals surface area (Å²) in [6.45, 7) is 4.02. The molecule has 58 valence electrons. The van der Waals surface area contributed by atoms with Gasteiger partial charge >= 0.3 is 5.96 Å². The first-order chi connectivity index (χ1) is 4.70. The second-order valence-electron chi connectivity index (χ2n) is 2.72. The number of guanidine groups is 1. The molecule has 0 aromatic heterocycles. The number of nitrogens with two attached hydrogens (primary N) is 2. The van der Waals surface area contributed by atoms with Crippen molar-refractivity contribution in [3.05, 3.63) is 0 Å². The highest BCUT2D eigenvalue weighted by Crippen LogP contribution is 1.90. The Hall–Kier alpha value is -0.770. The van der Waals surface area contributed by atoms with E-state index in [1.165, 1.54) is 0 Å². The molecule has 1 aliphatic heterocycles. The van der Waals surface area contributed by atoms with Crippen LogP contribution in [0.5, 0.6) is 0 Å². The van der Waals surface area contributed by atoms with Gasteiger partial charge in [-0.25, -0.2) is 0 Å². The average molecular weight is 143 g/mol. The normalized spacial score (nSPS) is 21.1. The van der Waals surface area contributed by atoms with Crippen molar-refractivity contribution in [1.29, 1.82) is 0 Å². The molecule has 0 aliphatic carbocycles. The first-order valence-corrected chi connectivity index (χ1v) is 3.51. The van der Waals surface area contributed by atoms with E-state index in [-0.39, 0.29) is 0 Å². The van der Waals surface area contributed by atoms with Crippen molar-refractivity contribution in [2.75, 3.05) is 33.2 Å². The Kier molecular flexibility index (Phi) is 2.11. The molecule has 4 N–H and O–H groups in total. The quantitative estimate of drug-likeness (QED) is 0.311. The van der Waals surface area contributed by atoms with Gasteiger partial charge in [0.1, 0.15) is 0 Å². The van der Waals surface area contributed by atoms with Crippen molar-refractivity contribution in [3.8, 4) is 0 Å². The van der Waals surface area contributed by atoms with Crippen LogP contribution < -0.4 is 11.5 Å². The van der Waals surface area contributed by atoms with Crippen LogP contribution >= 0.6 is 0 Å². The highest BCUT2D eigenvalue weighted by atomic mass is 15.2. The van der Waals surface area contributed by atoms with Gasteiger partial charge < -0.3 is 4.90 Å². The van der Waals surface area contributed by atoms with E-state index in [9.17, 15) is 0 Å². The highest BCUT2D eigenvalue weighted by Gasteiger charge is 2.12. The van der Waals surface area contributed by atoms with Gasteiger partial charge in [-0.2, -0.15) is 0 Å². The number of piperazine rings is 1. The fraction of sp³-hybridized carbons (Fsp3) is 0.833. The molecule has 0 atom stereocenters. The summed E-state index contributed by atoms with van der Waals surface area (Å²) in [5.74, 6) is 0.452. The third-order valence-corrected chi connectivity index (χ3v) is 1.87. The van der Waals surface area contributed by atoms with Crippen LogP contribution in [0.4, 0.5) is 0 Å². The largest absolute Gasteiger partial charge is 0.341 e. The molecular formula is C6H15N4+. The molecule has 1 heterocycles. The van der Waals surface area contributed by atoms with E-state index in [1.54, 1.807) is 0 Å². The van der Waals surface area contributed by atoms with Crippen molar-refractivity contribution < 1.29 is 4.58 Å². The number of hydrogen-bond donors (Lipinski definition) is 2. The predicted molar refractivity (Wildman–Crippen MR) is 40.9 cm³/mol. The summed E-state index contributed by atoms with van der Waals surface area (Å²) in [5.41, 5.74) is 10.8. The third-order valence-electron chi connectivity index (χ3n) is 1.87. The second kappa shape index (κ2) is 2.88. The van der Waals surface area contributed by atoms with Crippen LogP contribution in [-0.4, -0.2) is 48.7 Å². The van der Waals surface area contributed by atoms with Crippen molar-refractivity contribution >= 4 is 5.96 Å². The smallest absolute Gasteiger partial charge is 0.300 e. The molecular weight excluding hydrogens is 128 g/mol. The first-order valence-electron chi connectivity index (χ1n) is 3.51.